The Morgan fingerprint density at radius 1 is 1.06 bits per heavy atom. The van der Waals surface area contributed by atoms with Gasteiger partial charge in [0.05, 0.1) is 6.04 Å². The average molecular weight is 259 g/mol. The van der Waals surface area contributed by atoms with Gasteiger partial charge in [0, 0.05) is 9.58 Å². The molecule has 2 heterocycles. The third kappa shape index (κ3) is 1.80. The fourth-order valence-corrected chi connectivity index (χ4v) is 4.01. The zero-order chi connectivity index (χ0) is 11.8. The number of nitrogens with two attached hydrogens (primary N) is 1. The van der Waals surface area contributed by atoms with Gasteiger partial charge in [-0.05, 0) is 46.3 Å². The molecule has 86 valence electrons. The highest BCUT2D eigenvalue weighted by molar-refractivity contribution is 7.17. The van der Waals surface area contributed by atoms with E-state index in [1.165, 1.54) is 26.1 Å². The topological polar surface area (TPSA) is 26.0 Å². The van der Waals surface area contributed by atoms with Gasteiger partial charge in [-0.1, -0.05) is 18.2 Å². The summed E-state index contributed by atoms with van der Waals surface area (Å²) in [5.74, 6) is 0. The first-order chi connectivity index (χ1) is 8.27. The fraction of sp³-hybridized carbons (Fsp3) is 0.143. The van der Waals surface area contributed by atoms with E-state index >= 15 is 0 Å². The summed E-state index contributed by atoms with van der Waals surface area (Å²) in [6.45, 7) is 2.13. The maximum atomic E-state index is 6.40. The summed E-state index contributed by atoms with van der Waals surface area (Å²) in [4.78, 5) is 1.27. The normalized spacial score (nSPS) is 13.1. The molecular weight excluding hydrogens is 246 g/mol. The van der Waals surface area contributed by atoms with Crippen molar-refractivity contribution < 1.29 is 0 Å². The molecule has 0 aliphatic carbocycles. The molecule has 17 heavy (non-hydrogen) atoms. The largest absolute Gasteiger partial charge is 0.320 e. The molecule has 0 aliphatic heterocycles. The molecular formula is C14H13NS2. The van der Waals surface area contributed by atoms with Crippen LogP contribution < -0.4 is 5.73 Å². The first-order valence-electron chi connectivity index (χ1n) is 5.53. The molecule has 0 radical (unpaired) electrons. The van der Waals surface area contributed by atoms with Gasteiger partial charge >= 0.3 is 0 Å². The van der Waals surface area contributed by atoms with Crippen molar-refractivity contribution >= 4 is 32.8 Å². The van der Waals surface area contributed by atoms with Crippen LogP contribution in [0.3, 0.4) is 0 Å². The molecule has 3 aromatic rings. The SMILES string of the molecule is Cc1ccsc1C(N)c1cccc2ccsc12. The minimum Gasteiger partial charge on any atom is -0.320 e. The fourth-order valence-electron chi connectivity index (χ4n) is 2.11. The van der Waals surface area contributed by atoms with Gasteiger partial charge in [0.1, 0.15) is 0 Å². The van der Waals surface area contributed by atoms with E-state index in [9.17, 15) is 0 Å². The molecule has 3 heteroatoms. The van der Waals surface area contributed by atoms with Gasteiger partial charge in [-0.3, -0.25) is 0 Å². The maximum absolute atomic E-state index is 6.40. The summed E-state index contributed by atoms with van der Waals surface area (Å²) < 4.78 is 1.31. The molecule has 1 aromatic carbocycles. The van der Waals surface area contributed by atoms with Crippen molar-refractivity contribution in [3.05, 3.63) is 57.1 Å². The van der Waals surface area contributed by atoms with Crippen molar-refractivity contribution in [1.29, 1.82) is 0 Å². The number of fused-ring (bicyclic) bond motifs is 1. The van der Waals surface area contributed by atoms with E-state index in [0.29, 0.717) is 0 Å². The van der Waals surface area contributed by atoms with Crippen molar-refractivity contribution in [1.82, 2.24) is 0 Å². The predicted octanol–water partition coefficient (Wildman–Crippen LogP) is 4.32. The summed E-state index contributed by atoms with van der Waals surface area (Å²) in [5, 5.41) is 5.53. The molecule has 2 aromatic heterocycles. The van der Waals surface area contributed by atoms with E-state index in [-0.39, 0.29) is 6.04 Å². The van der Waals surface area contributed by atoms with E-state index in [2.05, 4.69) is 48.0 Å². The van der Waals surface area contributed by atoms with Crippen LogP contribution in [0.5, 0.6) is 0 Å². The van der Waals surface area contributed by atoms with Crippen LogP contribution >= 0.6 is 22.7 Å². The molecule has 3 rings (SSSR count). The lowest BCUT2D eigenvalue weighted by atomic mass is 10.0. The Balaban J connectivity index is 2.15. The van der Waals surface area contributed by atoms with Gasteiger partial charge in [-0.25, -0.2) is 0 Å². The molecule has 0 bridgehead atoms. The Kier molecular flexibility index (Phi) is 2.74. The molecule has 2 N–H and O–H groups in total. The van der Waals surface area contributed by atoms with Crippen molar-refractivity contribution in [3.8, 4) is 0 Å². The highest BCUT2D eigenvalue weighted by Crippen LogP contribution is 2.34. The molecule has 0 amide bonds. The Bertz CT molecular complexity index is 651. The van der Waals surface area contributed by atoms with Crippen molar-refractivity contribution in [2.75, 3.05) is 0 Å². The van der Waals surface area contributed by atoms with Gasteiger partial charge in [0.15, 0.2) is 0 Å². The number of rotatable bonds is 2. The van der Waals surface area contributed by atoms with Crippen LogP contribution in [0.2, 0.25) is 0 Å². The lowest BCUT2D eigenvalue weighted by Gasteiger charge is -2.12. The van der Waals surface area contributed by atoms with Crippen molar-refractivity contribution in [2.45, 2.75) is 13.0 Å². The van der Waals surface area contributed by atoms with Crippen LogP contribution in [-0.2, 0) is 0 Å². The molecule has 0 saturated carbocycles. The zero-order valence-electron chi connectivity index (χ0n) is 9.51. The average Bonchev–Trinajstić information content (AvgIpc) is 2.95. The standard InChI is InChI=1S/C14H13NS2/c1-9-5-7-16-13(9)12(15)11-4-2-3-10-6-8-17-14(10)11/h2-8,12H,15H2,1H3. The number of hydrogen-bond acceptors (Lipinski definition) is 3. The van der Waals surface area contributed by atoms with Crippen molar-refractivity contribution in [3.63, 3.8) is 0 Å². The van der Waals surface area contributed by atoms with Crippen LogP contribution in [0.15, 0.2) is 41.1 Å². The highest BCUT2D eigenvalue weighted by atomic mass is 32.1. The minimum absolute atomic E-state index is 0.00245. The van der Waals surface area contributed by atoms with E-state index in [1.807, 2.05) is 0 Å². The van der Waals surface area contributed by atoms with Gasteiger partial charge < -0.3 is 5.73 Å². The Labute approximate surface area is 109 Å². The van der Waals surface area contributed by atoms with E-state index in [0.717, 1.165) is 0 Å². The van der Waals surface area contributed by atoms with Crippen LogP contribution in [0, 0.1) is 6.92 Å². The summed E-state index contributed by atoms with van der Waals surface area (Å²) in [7, 11) is 0. The van der Waals surface area contributed by atoms with E-state index in [4.69, 9.17) is 5.73 Å². The van der Waals surface area contributed by atoms with Crippen LogP contribution in [0.1, 0.15) is 22.0 Å². The van der Waals surface area contributed by atoms with Crippen LogP contribution in [0.4, 0.5) is 0 Å². The van der Waals surface area contributed by atoms with Crippen molar-refractivity contribution in [2.24, 2.45) is 5.73 Å². The molecule has 0 fully saturated rings. The second-order valence-electron chi connectivity index (χ2n) is 4.13. The number of benzene rings is 1. The van der Waals surface area contributed by atoms with Gasteiger partial charge in [0.25, 0.3) is 0 Å². The summed E-state index contributed by atoms with van der Waals surface area (Å²) in [6.07, 6.45) is 0. The first-order valence-corrected chi connectivity index (χ1v) is 7.29. The minimum atomic E-state index is -0.00245. The first kappa shape index (κ1) is 11.0. The molecule has 0 aliphatic rings. The van der Waals surface area contributed by atoms with E-state index in [1.54, 1.807) is 22.7 Å². The Morgan fingerprint density at radius 2 is 1.88 bits per heavy atom. The number of thiophene rings is 2. The van der Waals surface area contributed by atoms with Crippen LogP contribution in [-0.4, -0.2) is 0 Å². The number of hydrogen-bond donors (Lipinski definition) is 1. The molecule has 1 unspecified atom stereocenters. The Morgan fingerprint density at radius 3 is 2.65 bits per heavy atom. The third-order valence-electron chi connectivity index (χ3n) is 3.03. The Hall–Kier alpha value is -1.16. The molecule has 0 spiro atoms. The maximum Gasteiger partial charge on any atom is 0.0662 e. The number of aryl methyl sites for hydroxylation is 1. The summed E-state index contributed by atoms with van der Waals surface area (Å²) >= 11 is 3.51. The molecule has 1 nitrogen and oxygen atoms in total. The molecule has 1 atom stereocenters. The second kappa shape index (κ2) is 4.26. The van der Waals surface area contributed by atoms with Gasteiger partial charge in [-0.2, -0.15) is 0 Å². The van der Waals surface area contributed by atoms with E-state index < -0.39 is 0 Å². The molecule has 0 saturated heterocycles. The lowest BCUT2D eigenvalue weighted by molar-refractivity contribution is 0.896. The predicted molar refractivity (Wildman–Crippen MR) is 76.9 cm³/mol. The summed E-state index contributed by atoms with van der Waals surface area (Å²) in [5.41, 5.74) is 8.93. The lowest BCUT2D eigenvalue weighted by Crippen LogP contribution is -2.11. The van der Waals surface area contributed by atoms with Gasteiger partial charge in [-0.15, -0.1) is 22.7 Å². The highest BCUT2D eigenvalue weighted by Gasteiger charge is 2.15. The monoisotopic (exact) mass is 259 g/mol. The summed E-state index contributed by atoms with van der Waals surface area (Å²) in [6, 6.07) is 10.7. The quantitative estimate of drug-likeness (QED) is 0.728. The second-order valence-corrected chi connectivity index (χ2v) is 6.00. The zero-order valence-corrected chi connectivity index (χ0v) is 11.1. The van der Waals surface area contributed by atoms with Gasteiger partial charge in [0.2, 0.25) is 0 Å². The third-order valence-corrected chi connectivity index (χ3v) is 5.11. The van der Waals surface area contributed by atoms with Crippen LogP contribution in [0.25, 0.3) is 10.1 Å². The smallest absolute Gasteiger partial charge is 0.0662 e.